The molecule has 1 atom stereocenters. The number of carbonyl (C=O) groups excluding carboxylic acids is 1. The number of rotatable bonds is 4. The van der Waals surface area contributed by atoms with Crippen molar-refractivity contribution in [1.29, 1.82) is 0 Å². The lowest BCUT2D eigenvalue weighted by atomic mass is 10.0. The third-order valence-corrected chi connectivity index (χ3v) is 4.10. The zero-order valence-electron chi connectivity index (χ0n) is 12.3. The average Bonchev–Trinajstić information content (AvgIpc) is 2.47. The lowest BCUT2D eigenvalue weighted by Gasteiger charge is -2.35. The van der Waals surface area contributed by atoms with Crippen molar-refractivity contribution in [2.24, 2.45) is 0 Å². The Hall–Kier alpha value is -1.06. The van der Waals surface area contributed by atoms with Gasteiger partial charge in [0.1, 0.15) is 0 Å². The highest BCUT2D eigenvalue weighted by atomic mass is 35.5. The zero-order valence-corrected chi connectivity index (χ0v) is 13.0. The largest absolute Gasteiger partial charge is 0.334 e. The quantitative estimate of drug-likeness (QED) is 0.924. The molecule has 1 unspecified atom stereocenters. The van der Waals surface area contributed by atoms with Gasteiger partial charge in [-0.05, 0) is 50.4 Å². The Balaban J connectivity index is 2.23. The van der Waals surface area contributed by atoms with Crippen LogP contribution in [0.3, 0.4) is 0 Å². The van der Waals surface area contributed by atoms with Crippen molar-refractivity contribution in [3.8, 4) is 0 Å². The Bertz CT molecular complexity index is 470. The predicted molar refractivity (Wildman–Crippen MR) is 83.4 cm³/mol. The number of benzene rings is 1. The second-order valence-electron chi connectivity index (χ2n) is 5.46. The number of nitrogens with zero attached hydrogens (tertiary/aromatic N) is 1. The fourth-order valence-corrected chi connectivity index (χ4v) is 2.94. The van der Waals surface area contributed by atoms with E-state index in [4.69, 9.17) is 11.6 Å². The molecule has 1 saturated heterocycles. The number of amides is 1. The van der Waals surface area contributed by atoms with E-state index >= 15 is 0 Å². The van der Waals surface area contributed by atoms with E-state index in [1.54, 1.807) is 6.07 Å². The van der Waals surface area contributed by atoms with Crippen LogP contribution in [0.2, 0.25) is 5.02 Å². The molecule has 0 aliphatic carbocycles. The van der Waals surface area contributed by atoms with Crippen molar-refractivity contribution in [3.63, 3.8) is 0 Å². The Morgan fingerprint density at radius 1 is 1.50 bits per heavy atom. The molecule has 1 aliphatic rings. The summed E-state index contributed by atoms with van der Waals surface area (Å²) < 4.78 is 0. The second kappa shape index (κ2) is 7.09. The van der Waals surface area contributed by atoms with E-state index < -0.39 is 0 Å². The number of hydrogen-bond donors (Lipinski definition) is 1. The van der Waals surface area contributed by atoms with Gasteiger partial charge in [-0.25, -0.2) is 0 Å². The number of halogens is 1. The van der Waals surface area contributed by atoms with E-state index in [1.807, 2.05) is 24.0 Å². The van der Waals surface area contributed by atoms with Crippen molar-refractivity contribution in [2.45, 2.75) is 39.2 Å². The highest BCUT2D eigenvalue weighted by Gasteiger charge is 2.26. The molecule has 0 saturated carbocycles. The molecule has 1 fully saturated rings. The van der Waals surface area contributed by atoms with E-state index in [0.717, 1.165) is 50.0 Å². The summed E-state index contributed by atoms with van der Waals surface area (Å²) in [5.41, 5.74) is 1.72. The third-order valence-electron chi connectivity index (χ3n) is 3.87. The van der Waals surface area contributed by atoms with Crippen LogP contribution in [0.1, 0.15) is 42.1 Å². The first-order valence-corrected chi connectivity index (χ1v) is 7.79. The maximum absolute atomic E-state index is 12.8. The first kappa shape index (κ1) is 15.3. The van der Waals surface area contributed by atoms with Gasteiger partial charge in [-0.1, -0.05) is 24.6 Å². The summed E-state index contributed by atoms with van der Waals surface area (Å²) in [6.45, 7) is 6.83. The van der Waals surface area contributed by atoms with E-state index in [0.29, 0.717) is 11.1 Å². The molecule has 1 heterocycles. The molecule has 1 aromatic rings. The molecule has 0 spiro atoms. The third kappa shape index (κ3) is 3.53. The van der Waals surface area contributed by atoms with Gasteiger partial charge >= 0.3 is 0 Å². The number of aryl methyl sites for hydroxylation is 1. The van der Waals surface area contributed by atoms with Gasteiger partial charge in [0.15, 0.2) is 0 Å². The molecule has 0 radical (unpaired) electrons. The predicted octanol–water partition coefficient (Wildman–Crippen LogP) is 3.25. The first-order valence-electron chi connectivity index (χ1n) is 7.41. The van der Waals surface area contributed by atoms with Crippen LogP contribution in [0.15, 0.2) is 18.2 Å². The average molecular weight is 295 g/mol. The van der Waals surface area contributed by atoms with Crippen LogP contribution >= 0.6 is 11.6 Å². The van der Waals surface area contributed by atoms with Gasteiger partial charge in [-0.2, -0.15) is 0 Å². The second-order valence-corrected chi connectivity index (χ2v) is 5.89. The topological polar surface area (TPSA) is 32.3 Å². The monoisotopic (exact) mass is 294 g/mol. The van der Waals surface area contributed by atoms with Gasteiger partial charge in [0, 0.05) is 29.7 Å². The SMILES string of the molecule is CCCN(C(=O)c1cc(Cl)ccc1C)C1CCCNC1. The normalized spacial score (nSPS) is 18.9. The summed E-state index contributed by atoms with van der Waals surface area (Å²) in [7, 11) is 0. The first-order chi connectivity index (χ1) is 9.63. The Morgan fingerprint density at radius 2 is 2.30 bits per heavy atom. The number of piperidine rings is 1. The molecular weight excluding hydrogens is 272 g/mol. The maximum atomic E-state index is 12.8. The van der Waals surface area contributed by atoms with Crippen LogP contribution < -0.4 is 5.32 Å². The van der Waals surface area contributed by atoms with Crippen LogP contribution in [0, 0.1) is 6.92 Å². The molecule has 2 rings (SSSR count). The van der Waals surface area contributed by atoms with Gasteiger partial charge in [0.05, 0.1) is 0 Å². The van der Waals surface area contributed by atoms with Crippen LogP contribution in [-0.2, 0) is 0 Å². The summed E-state index contributed by atoms with van der Waals surface area (Å²) in [5.74, 6) is 0.112. The fourth-order valence-electron chi connectivity index (χ4n) is 2.77. The van der Waals surface area contributed by atoms with E-state index in [-0.39, 0.29) is 5.91 Å². The summed E-state index contributed by atoms with van der Waals surface area (Å²) in [4.78, 5) is 14.9. The van der Waals surface area contributed by atoms with E-state index in [9.17, 15) is 4.79 Å². The van der Waals surface area contributed by atoms with Crippen molar-refractivity contribution in [1.82, 2.24) is 10.2 Å². The lowest BCUT2D eigenvalue weighted by Crippen LogP contribution is -2.49. The Labute approximate surface area is 126 Å². The molecule has 4 heteroatoms. The van der Waals surface area contributed by atoms with Crippen LogP contribution in [0.25, 0.3) is 0 Å². The molecular formula is C16H23ClN2O. The smallest absolute Gasteiger partial charge is 0.254 e. The standard InChI is InChI=1S/C16H23ClN2O/c1-3-9-19(14-5-4-8-18-11-14)16(20)15-10-13(17)7-6-12(15)2/h6-7,10,14,18H,3-5,8-9,11H2,1-2H3. The molecule has 1 aliphatic heterocycles. The molecule has 1 amide bonds. The molecule has 110 valence electrons. The van der Waals surface area contributed by atoms with Gasteiger partial charge in [-0.15, -0.1) is 0 Å². The molecule has 20 heavy (non-hydrogen) atoms. The minimum absolute atomic E-state index is 0.112. The van der Waals surface area contributed by atoms with Crippen molar-refractivity contribution < 1.29 is 4.79 Å². The summed E-state index contributed by atoms with van der Waals surface area (Å²) in [5, 5.41) is 4.01. The summed E-state index contributed by atoms with van der Waals surface area (Å²) in [6.07, 6.45) is 3.19. The zero-order chi connectivity index (χ0) is 14.5. The van der Waals surface area contributed by atoms with Crippen LogP contribution in [0.4, 0.5) is 0 Å². The lowest BCUT2D eigenvalue weighted by molar-refractivity contribution is 0.0648. The van der Waals surface area contributed by atoms with Gasteiger partial charge in [0.2, 0.25) is 0 Å². The van der Waals surface area contributed by atoms with Gasteiger partial charge in [0.25, 0.3) is 5.91 Å². The molecule has 0 bridgehead atoms. The minimum Gasteiger partial charge on any atom is -0.334 e. The summed E-state index contributed by atoms with van der Waals surface area (Å²) in [6, 6.07) is 5.84. The Kier molecular flexibility index (Phi) is 5.44. The van der Waals surface area contributed by atoms with Crippen molar-refractivity contribution in [3.05, 3.63) is 34.3 Å². The number of hydrogen-bond acceptors (Lipinski definition) is 2. The van der Waals surface area contributed by atoms with Crippen LogP contribution in [0.5, 0.6) is 0 Å². The maximum Gasteiger partial charge on any atom is 0.254 e. The minimum atomic E-state index is 0.112. The van der Waals surface area contributed by atoms with Gasteiger partial charge in [-0.3, -0.25) is 4.79 Å². The van der Waals surface area contributed by atoms with Crippen molar-refractivity contribution >= 4 is 17.5 Å². The molecule has 1 aromatic carbocycles. The number of nitrogens with one attached hydrogen (secondary N) is 1. The Morgan fingerprint density at radius 3 is 2.95 bits per heavy atom. The van der Waals surface area contributed by atoms with Crippen LogP contribution in [-0.4, -0.2) is 36.5 Å². The molecule has 3 nitrogen and oxygen atoms in total. The molecule has 0 aromatic heterocycles. The fraction of sp³-hybridized carbons (Fsp3) is 0.562. The summed E-state index contributed by atoms with van der Waals surface area (Å²) >= 11 is 6.05. The highest BCUT2D eigenvalue weighted by molar-refractivity contribution is 6.31. The van der Waals surface area contributed by atoms with Crippen molar-refractivity contribution in [2.75, 3.05) is 19.6 Å². The van der Waals surface area contributed by atoms with E-state index in [1.165, 1.54) is 0 Å². The highest BCUT2D eigenvalue weighted by Crippen LogP contribution is 2.20. The van der Waals surface area contributed by atoms with E-state index in [2.05, 4.69) is 12.2 Å². The number of carbonyl (C=O) groups is 1. The molecule has 1 N–H and O–H groups in total. The van der Waals surface area contributed by atoms with Gasteiger partial charge < -0.3 is 10.2 Å².